The predicted octanol–water partition coefficient (Wildman–Crippen LogP) is 9.82. The van der Waals surface area contributed by atoms with Crippen LogP contribution in [0.5, 0.6) is 17.2 Å². The van der Waals surface area contributed by atoms with Crippen molar-refractivity contribution < 1.29 is 9.47 Å². The summed E-state index contributed by atoms with van der Waals surface area (Å²) in [6.07, 6.45) is 5.69. The van der Waals surface area contributed by atoms with Crippen molar-refractivity contribution in [1.82, 2.24) is 0 Å². The fraction of sp³-hybridized carbons (Fsp3) is 0.150. The SMILES string of the molecule is C/C=C\C(=C/CN)Oc1ccc(N(CCNc2ccc(Oc3ccc(N)cc3)cc2)c2ccccc2)cc1.CC.c1ccccc1. The fourth-order valence-electron chi connectivity index (χ4n) is 4.28. The molecule has 5 aromatic carbocycles. The van der Waals surface area contributed by atoms with Crippen LogP contribution in [0.1, 0.15) is 20.8 Å². The Balaban J connectivity index is 0.000000636. The van der Waals surface area contributed by atoms with Gasteiger partial charge < -0.3 is 31.2 Å². The Labute approximate surface area is 274 Å². The van der Waals surface area contributed by atoms with Gasteiger partial charge in [0.2, 0.25) is 0 Å². The first-order valence-electron chi connectivity index (χ1n) is 15.7. The summed E-state index contributed by atoms with van der Waals surface area (Å²) in [7, 11) is 0. The lowest BCUT2D eigenvalue weighted by molar-refractivity contribution is 0.442. The quantitative estimate of drug-likeness (QED) is 0.0737. The van der Waals surface area contributed by atoms with Crippen molar-refractivity contribution in [3.8, 4) is 17.2 Å². The van der Waals surface area contributed by atoms with Crippen LogP contribution in [0.2, 0.25) is 0 Å². The zero-order valence-corrected chi connectivity index (χ0v) is 27.1. The number of rotatable bonds is 12. The molecule has 0 aromatic heterocycles. The number of benzene rings is 5. The second kappa shape index (κ2) is 20.5. The molecule has 0 saturated heterocycles. The maximum absolute atomic E-state index is 5.97. The maximum atomic E-state index is 5.97. The molecule has 0 saturated carbocycles. The molecule has 46 heavy (non-hydrogen) atoms. The fourth-order valence-corrected chi connectivity index (χ4v) is 4.28. The number of hydrogen-bond acceptors (Lipinski definition) is 6. The van der Waals surface area contributed by atoms with Gasteiger partial charge in [0.15, 0.2) is 0 Å². The van der Waals surface area contributed by atoms with Crippen LogP contribution in [-0.2, 0) is 0 Å². The Bertz CT molecular complexity index is 1530. The lowest BCUT2D eigenvalue weighted by Crippen LogP contribution is -2.24. The first kappa shape index (κ1) is 35.0. The Morgan fingerprint density at radius 1 is 0.674 bits per heavy atom. The molecule has 6 nitrogen and oxygen atoms in total. The molecule has 5 aromatic rings. The topological polar surface area (TPSA) is 85.8 Å². The summed E-state index contributed by atoms with van der Waals surface area (Å²) >= 11 is 0. The summed E-state index contributed by atoms with van der Waals surface area (Å²) in [5.41, 5.74) is 15.3. The third kappa shape index (κ3) is 12.3. The minimum atomic E-state index is 0.422. The van der Waals surface area contributed by atoms with Gasteiger partial charge in [-0.3, -0.25) is 0 Å². The van der Waals surface area contributed by atoms with Crippen molar-refractivity contribution in [3.05, 3.63) is 164 Å². The lowest BCUT2D eigenvalue weighted by atomic mass is 10.2. The summed E-state index contributed by atoms with van der Waals surface area (Å²) in [5, 5.41) is 3.51. The molecular formula is C40H46N4O2. The highest BCUT2D eigenvalue weighted by molar-refractivity contribution is 5.64. The van der Waals surface area contributed by atoms with Crippen LogP contribution in [0.3, 0.4) is 0 Å². The molecule has 0 aliphatic rings. The molecule has 0 atom stereocenters. The van der Waals surface area contributed by atoms with E-state index >= 15 is 0 Å². The summed E-state index contributed by atoms with van der Waals surface area (Å²) in [4.78, 5) is 2.28. The Morgan fingerprint density at radius 3 is 1.72 bits per heavy atom. The van der Waals surface area contributed by atoms with Crippen molar-refractivity contribution in [3.63, 3.8) is 0 Å². The van der Waals surface area contributed by atoms with Crippen molar-refractivity contribution in [2.24, 2.45) is 5.73 Å². The maximum Gasteiger partial charge on any atom is 0.127 e. The average Bonchev–Trinajstić information content (AvgIpc) is 3.11. The lowest BCUT2D eigenvalue weighted by Gasteiger charge is -2.25. The van der Waals surface area contributed by atoms with Crippen molar-refractivity contribution in [2.75, 3.05) is 35.6 Å². The van der Waals surface area contributed by atoms with E-state index in [1.807, 2.05) is 154 Å². The van der Waals surface area contributed by atoms with E-state index in [2.05, 4.69) is 34.5 Å². The van der Waals surface area contributed by atoms with E-state index in [0.29, 0.717) is 12.2 Å². The highest BCUT2D eigenvalue weighted by Crippen LogP contribution is 2.28. The highest BCUT2D eigenvalue weighted by atomic mass is 16.5. The Kier molecular flexibility index (Phi) is 15.6. The Hall–Kier alpha value is -5.46. The van der Waals surface area contributed by atoms with Crippen molar-refractivity contribution >= 4 is 22.7 Å². The van der Waals surface area contributed by atoms with E-state index in [1.165, 1.54) is 0 Å². The third-order valence-electron chi connectivity index (χ3n) is 6.40. The summed E-state index contributed by atoms with van der Waals surface area (Å²) < 4.78 is 11.9. The summed E-state index contributed by atoms with van der Waals surface area (Å²) in [5.74, 6) is 3.02. The van der Waals surface area contributed by atoms with E-state index in [0.717, 1.165) is 53.2 Å². The predicted molar refractivity (Wildman–Crippen MR) is 196 cm³/mol. The second-order valence-electron chi connectivity index (χ2n) is 9.70. The van der Waals surface area contributed by atoms with Crippen LogP contribution >= 0.6 is 0 Å². The highest BCUT2D eigenvalue weighted by Gasteiger charge is 2.10. The second-order valence-corrected chi connectivity index (χ2v) is 9.70. The minimum Gasteiger partial charge on any atom is -0.458 e. The average molecular weight is 615 g/mol. The Morgan fingerprint density at radius 2 is 1.17 bits per heavy atom. The standard InChI is InChI=1S/C32H34N4O2.C6H6.C2H6/c1-2-6-29(21-22-33)37-32-19-13-28(14-20-32)36(27-7-4-3-5-8-27)24-23-35-26-11-17-31(18-12-26)38-30-15-9-25(34)10-16-30;1-2-4-6-5-3-1;1-2/h2-21,35H,22-24,33-34H2,1H3;1-6H;1-2H3/b6-2-,29-21+;;. The van der Waals surface area contributed by atoms with Crippen molar-refractivity contribution in [1.29, 1.82) is 0 Å². The van der Waals surface area contributed by atoms with Gasteiger partial charge in [0.05, 0.1) is 0 Å². The molecule has 6 heteroatoms. The number of nitrogens with one attached hydrogen (secondary N) is 1. The molecule has 5 rings (SSSR count). The third-order valence-corrected chi connectivity index (χ3v) is 6.40. The number of nitrogens with two attached hydrogens (primary N) is 2. The van der Waals surface area contributed by atoms with Gasteiger partial charge in [-0.05, 0) is 104 Å². The molecule has 0 spiro atoms. The van der Waals surface area contributed by atoms with E-state index in [1.54, 1.807) is 0 Å². The van der Waals surface area contributed by atoms with Gasteiger partial charge in [-0.15, -0.1) is 0 Å². The largest absolute Gasteiger partial charge is 0.458 e. The van der Waals surface area contributed by atoms with Gasteiger partial charge in [-0.25, -0.2) is 0 Å². The van der Waals surface area contributed by atoms with Gasteiger partial charge in [0, 0.05) is 42.4 Å². The van der Waals surface area contributed by atoms with Crippen LogP contribution in [0, 0.1) is 0 Å². The molecule has 238 valence electrons. The smallest absolute Gasteiger partial charge is 0.127 e. The molecule has 0 amide bonds. The minimum absolute atomic E-state index is 0.422. The number of nitrogens with zero attached hydrogens (tertiary/aromatic N) is 1. The van der Waals surface area contributed by atoms with E-state index in [4.69, 9.17) is 20.9 Å². The molecule has 0 radical (unpaired) electrons. The molecule has 0 heterocycles. The van der Waals surface area contributed by atoms with E-state index in [-0.39, 0.29) is 0 Å². The normalized spacial score (nSPS) is 10.6. The number of allylic oxidation sites excluding steroid dienone is 2. The van der Waals surface area contributed by atoms with Crippen molar-refractivity contribution in [2.45, 2.75) is 20.8 Å². The number of hydrogen-bond donors (Lipinski definition) is 3. The molecule has 0 unspecified atom stereocenters. The monoisotopic (exact) mass is 614 g/mol. The first-order chi connectivity index (χ1) is 22.6. The van der Waals surface area contributed by atoms with Crippen LogP contribution in [-0.4, -0.2) is 19.6 Å². The molecule has 0 fully saturated rings. The van der Waals surface area contributed by atoms with Gasteiger partial charge in [-0.1, -0.05) is 74.5 Å². The number of anilines is 4. The molecule has 0 aliphatic carbocycles. The van der Waals surface area contributed by atoms with Crippen LogP contribution in [0.25, 0.3) is 0 Å². The van der Waals surface area contributed by atoms with Crippen LogP contribution in [0.4, 0.5) is 22.7 Å². The number of ether oxygens (including phenoxy) is 2. The summed E-state index contributed by atoms with van der Waals surface area (Å²) in [6, 6.07) is 45.7. The molecular weight excluding hydrogens is 568 g/mol. The number of nitrogen functional groups attached to an aromatic ring is 1. The van der Waals surface area contributed by atoms with Gasteiger partial charge in [0.25, 0.3) is 0 Å². The zero-order chi connectivity index (χ0) is 32.8. The molecule has 0 bridgehead atoms. The van der Waals surface area contributed by atoms with Gasteiger partial charge >= 0.3 is 0 Å². The molecule has 0 aliphatic heterocycles. The number of para-hydroxylation sites is 1. The van der Waals surface area contributed by atoms with Crippen LogP contribution < -0.4 is 31.2 Å². The molecule has 5 N–H and O–H groups in total. The first-order valence-corrected chi connectivity index (χ1v) is 15.7. The van der Waals surface area contributed by atoms with Gasteiger partial charge in [0.1, 0.15) is 23.0 Å². The zero-order valence-electron chi connectivity index (χ0n) is 27.1. The van der Waals surface area contributed by atoms with E-state index < -0.39 is 0 Å². The van der Waals surface area contributed by atoms with Crippen LogP contribution in [0.15, 0.2) is 164 Å². The van der Waals surface area contributed by atoms with Gasteiger partial charge in [-0.2, -0.15) is 0 Å². The van der Waals surface area contributed by atoms with E-state index in [9.17, 15) is 0 Å². The summed E-state index contributed by atoms with van der Waals surface area (Å²) in [6.45, 7) is 7.89.